The Bertz CT molecular complexity index is 255. The second-order valence-electron chi connectivity index (χ2n) is 3.95. The molecular weight excluding hydrogens is 196 g/mol. The van der Waals surface area contributed by atoms with Gasteiger partial charge in [0.15, 0.2) is 0 Å². The van der Waals surface area contributed by atoms with Crippen molar-refractivity contribution in [2.45, 2.75) is 26.3 Å². The molecule has 5 heteroatoms. The molecule has 0 aromatic carbocycles. The summed E-state index contributed by atoms with van der Waals surface area (Å²) in [4.78, 5) is 24.3. The van der Waals surface area contributed by atoms with Crippen molar-refractivity contribution in [3.63, 3.8) is 0 Å². The number of rotatable bonds is 3. The summed E-state index contributed by atoms with van der Waals surface area (Å²) in [6, 6.07) is -0.277. The van der Waals surface area contributed by atoms with Crippen molar-refractivity contribution in [1.82, 2.24) is 10.2 Å². The third-order valence-electron chi connectivity index (χ3n) is 2.64. The number of amides is 1. The Kier molecular flexibility index (Phi) is 4.08. The van der Waals surface area contributed by atoms with Crippen LogP contribution in [0.25, 0.3) is 0 Å². The highest BCUT2D eigenvalue weighted by molar-refractivity contribution is 5.83. The summed E-state index contributed by atoms with van der Waals surface area (Å²) in [6.45, 7) is 5.07. The van der Waals surface area contributed by atoms with Gasteiger partial charge in [0.25, 0.3) is 0 Å². The Morgan fingerprint density at radius 3 is 2.87 bits per heavy atom. The predicted molar refractivity (Wildman–Crippen MR) is 55.5 cm³/mol. The largest absolute Gasteiger partial charge is 0.481 e. The maximum Gasteiger partial charge on any atom is 0.309 e. The van der Waals surface area contributed by atoms with Crippen LogP contribution in [0.4, 0.5) is 0 Å². The fraction of sp³-hybridized carbons (Fsp3) is 0.800. The van der Waals surface area contributed by atoms with Gasteiger partial charge < -0.3 is 15.3 Å². The van der Waals surface area contributed by atoms with Crippen molar-refractivity contribution in [1.29, 1.82) is 0 Å². The Balaban J connectivity index is 2.73. The first-order valence-electron chi connectivity index (χ1n) is 5.31. The number of nitrogens with one attached hydrogen (secondary N) is 1. The molecule has 0 spiro atoms. The predicted octanol–water partition coefficient (Wildman–Crippen LogP) is -0.0825. The van der Waals surface area contributed by atoms with E-state index in [-0.39, 0.29) is 11.9 Å². The van der Waals surface area contributed by atoms with Gasteiger partial charge in [-0.15, -0.1) is 0 Å². The van der Waals surface area contributed by atoms with E-state index in [0.717, 1.165) is 6.42 Å². The number of carboxylic acids is 1. The summed E-state index contributed by atoms with van der Waals surface area (Å²) in [5.74, 6) is -1.34. The van der Waals surface area contributed by atoms with Crippen LogP contribution in [-0.4, -0.2) is 47.6 Å². The number of carbonyl (C=O) groups is 2. The quantitative estimate of drug-likeness (QED) is 0.689. The molecule has 0 aromatic rings. The first kappa shape index (κ1) is 12.0. The smallest absolute Gasteiger partial charge is 0.309 e. The van der Waals surface area contributed by atoms with Crippen LogP contribution >= 0.6 is 0 Å². The minimum absolute atomic E-state index is 0.000556. The van der Waals surface area contributed by atoms with Crippen molar-refractivity contribution < 1.29 is 14.7 Å². The topological polar surface area (TPSA) is 69.6 Å². The molecule has 0 aliphatic carbocycles. The maximum atomic E-state index is 11.8. The molecule has 1 aliphatic rings. The van der Waals surface area contributed by atoms with Gasteiger partial charge in [-0.05, 0) is 13.3 Å². The average Bonchev–Trinajstić information content (AvgIpc) is 2.32. The lowest BCUT2D eigenvalue weighted by Gasteiger charge is -2.23. The number of carbonyl (C=O) groups excluding carboxylic acids is 1. The highest BCUT2D eigenvalue weighted by Gasteiger charge is 2.30. The molecule has 1 saturated heterocycles. The summed E-state index contributed by atoms with van der Waals surface area (Å²) < 4.78 is 0. The van der Waals surface area contributed by atoms with Crippen LogP contribution in [0.5, 0.6) is 0 Å². The van der Waals surface area contributed by atoms with Crippen molar-refractivity contribution in [2.24, 2.45) is 5.92 Å². The van der Waals surface area contributed by atoms with Crippen LogP contribution in [0, 0.1) is 5.92 Å². The van der Waals surface area contributed by atoms with Gasteiger partial charge >= 0.3 is 5.97 Å². The normalized spacial score (nSPS) is 27.6. The summed E-state index contributed by atoms with van der Waals surface area (Å²) in [6.07, 6.45) is 0.852. The van der Waals surface area contributed by atoms with Crippen LogP contribution in [0.1, 0.15) is 20.3 Å². The summed E-state index contributed by atoms with van der Waals surface area (Å²) in [7, 11) is 0. The molecule has 1 rings (SSSR count). The SMILES string of the molecule is CCCN1CC(C(=O)O)CNC(C)C1=O. The van der Waals surface area contributed by atoms with Crippen LogP contribution < -0.4 is 5.32 Å². The Morgan fingerprint density at radius 1 is 1.67 bits per heavy atom. The standard InChI is InChI=1S/C10H18N2O3/c1-3-4-12-6-8(10(14)15)5-11-7(2)9(12)13/h7-8,11H,3-6H2,1-2H3,(H,14,15). The summed E-state index contributed by atoms with van der Waals surface area (Å²) >= 11 is 0. The first-order chi connectivity index (χ1) is 7.06. The molecule has 2 N–H and O–H groups in total. The molecule has 86 valence electrons. The van der Waals surface area contributed by atoms with Gasteiger partial charge in [-0.1, -0.05) is 6.92 Å². The molecule has 0 radical (unpaired) electrons. The zero-order valence-corrected chi connectivity index (χ0v) is 9.19. The fourth-order valence-electron chi connectivity index (χ4n) is 1.74. The average molecular weight is 214 g/mol. The van der Waals surface area contributed by atoms with Gasteiger partial charge in [-0.25, -0.2) is 0 Å². The number of hydrogen-bond acceptors (Lipinski definition) is 3. The molecule has 2 unspecified atom stereocenters. The van der Waals surface area contributed by atoms with Gasteiger partial charge in [0.2, 0.25) is 5.91 Å². The summed E-state index contributed by atoms with van der Waals surface area (Å²) in [5, 5.41) is 11.9. The van der Waals surface area contributed by atoms with Crippen molar-refractivity contribution in [3.8, 4) is 0 Å². The third-order valence-corrected chi connectivity index (χ3v) is 2.64. The van der Waals surface area contributed by atoms with E-state index in [1.54, 1.807) is 11.8 Å². The number of aliphatic carboxylic acids is 1. The first-order valence-corrected chi connectivity index (χ1v) is 5.31. The van der Waals surface area contributed by atoms with Gasteiger partial charge in [0.1, 0.15) is 0 Å². The minimum Gasteiger partial charge on any atom is -0.481 e. The van der Waals surface area contributed by atoms with Crippen molar-refractivity contribution in [2.75, 3.05) is 19.6 Å². The van der Waals surface area contributed by atoms with E-state index in [2.05, 4.69) is 5.32 Å². The van der Waals surface area contributed by atoms with E-state index >= 15 is 0 Å². The highest BCUT2D eigenvalue weighted by atomic mass is 16.4. The van der Waals surface area contributed by atoms with Crippen LogP contribution in [0.15, 0.2) is 0 Å². The lowest BCUT2D eigenvalue weighted by atomic mass is 10.1. The van der Waals surface area contributed by atoms with E-state index in [1.807, 2.05) is 6.92 Å². The fourth-order valence-corrected chi connectivity index (χ4v) is 1.74. The van der Waals surface area contributed by atoms with Crippen LogP contribution in [-0.2, 0) is 9.59 Å². The zero-order valence-electron chi connectivity index (χ0n) is 9.19. The minimum atomic E-state index is -0.842. The molecule has 15 heavy (non-hydrogen) atoms. The molecule has 0 saturated carbocycles. The number of carboxylic acid groups (broad SMARTS) is 1. The Hall–Kier alpha value is -1.10. The molecule has 2 atom stereocenters. The van der Waals surface area contributed by atoms with Gasteiger partial charge in [0, 0.05) is 19.6 Å². The lowest BCUT2D eigenvalue weighted by Crippen LogP contribution is -2.42. The van der Waals surface area contributed by atoms with E-state index in [4.69, 9.17) is 5.11 Å². The Morgan fingerprint density at radius 2 is 2.33 bits per heavy atom. The molecule has 1 fully saturated rings. The van der Waals surface area contributed by atoms with Crippen molar-refractivity contribution >= 4 is 11.9 Å². The summed E-state index contributed by atoms with van der Waals surface area (Å²) in [5.41, 5.74) is 0. The van der Waals surface area contributed by atoms with E-state index < -0.39 is 11.9 Å². The zero-order chi connectivity index (χ0) is 11.4. The monoisotopic (exact) mass is 214 g/mol. The molecular formula is C10H18N2O3. The number of hydrogen-bond donors (Lipinski definition) is 2. The Labute approximate surface area is 89.4 Å². The van der Waals surface area contributed by atoms with Crippen molar-refractivity contribution in [3.05, 3.63) is 0 Å². The molecule has 5 nitrogen and oxygen atoms in total. The second kappa shape index (κ2) is 5.11. The third kappa shape index (κ3) is 2.92. The van der Waals surface area contributed by atoms with E-state index in [9.17, 15) is 9.59 Å². The number of nitrogens with zero attached hydrogens (tertiary/aromatic N) is 1. The highest BCUT2D eigenvalue weighted by Crippen LogP contribution is 2.08. The molecule has 0 bridgehead atoms. The van der Waals surface area contributed by atoms with E-state index in [0.29, 0.717) is 19.6 Å². The van der Waals surface area contributed by atoms with E-state index in [1.165, 1.54) is 0 Å². The van der Waals surface area contributed by atoms with Gasteiger partial charge in [-0.3, -0.25) is 9.59 Å². The van der Waals surface area contributed by atoms with Gasteiger partial charge in [-0.2, -0.15) is 0 Å². The molecule has 1 heterocycles. The lowest BCUT2D eigenvalue weighted by molar-refractivity contribution is -0.142. The maximum absolute atomic E-state index is 11.8. The molecule has 1 amide bonds. The van der Waals surface area contributed by atoms with Crippen LogP contribution in [0.2, 0.25) is 0 Å². The molecule has 1 aliphatic heterocycles. The molecule has 0 aromatic heterocycles. The second-order valence-corrected chi connectivity index (χ2v) is 3.95. The van der Waals surface area contributed by atoms with Gasteiger partial charge in [0.05, 0.1) is 12.0 Å². The van der Waals surface area contributed by atoms with Crippen LogP contribution in [0.3, 0.4) is 0 Å².